The van der Waals surface area contributed by atoms with E-state index < -0.39 is 5.67 Å². The van der Waals surface area contributed by atoms with E-state index in [-0.39, 0.29) is 25.2 Å². The van der Waals surface area contributed by atoms with Gasteiger partial charge in [-0.2, -0.15) is 0 Å². The van der Waals surface area contributed by atoms with Crippen LogP contribution < -0.4 is 0 Å². The molecule has 0 aromatic carbocycles. The summed E-state index contributed by atoms with van der Waals surface area (Å²) in [7, 11) is 0. The van der Waals surface area contributed by atoms with Gasteiger partial charge in [-0.3, -0.25) is 19.8 Å². The quantitative estimate of drug-likeness (QED) is 0.439. The third kappa shape index (κ3) is 5.92. The molecule has 1 fully saturated rings. The van der Waals surface area contributed by atoms with Crippen molar-refractivity contribution in [1.82, 2.24) is 9.88 Å². The first-order valence-corrected chi connectivity index (χ1v) is 10.0. The first kappa shape index (κ1) is 23.1. The second kappa shape index (κ2) is 11.1. The Balaban J connectivity index is 2.17. The lowest BCUT2D eigenvalue weighted by molar-refractivity contribution is 0.0436. The van der Waals surface area contributed by atoms with Gasteiger partial charge in [0.1, 0.15) is 11.4 Å². The van der Waals surface area contributed by atoms with Gasteiger partial charge in [0.15, 0.2) is 0 Å². The Morgan fingerprint density at radius 2 is 2.07 bits per heavy atom. The Morgan fingerprint density at radius 3 is 2.67 bits per heavy atom. The van der Waals surface area contributed by atoms with Crippen molar-refractivity contribution in [1.29, 1.82) is 0 Å². The molecule has 0 N–H and O–H groups in total. The fraction of sp³-hybridized carbons (Fsp3) is 0.333. The van der Waals surface area contributed by atoms with Gasteiger partial charge in [0.2, 0.25) is 0 Å². The van der Waals surface area contributed by atoms with E-state index in [9.17, 15) is 4.79 Å². The number of allylic oxidation sites excluding steroid dienone is 6. The van der Waals surface area contributed by atoms with E-state index in [4.69, 9.17) is 0 Å². The van der Waals surface area contributed by atoms with E-state index in [2.05, 4.69) is 28.3 Å². The lowest BCUT2D eigenvalue weighted by Gasteiger charge is -2.36. The number of likely N-dealkylation sites (tertiary alicyclic amines) is 1. The molecule has 30 heavy (non-hydrogen) atoms. The van der Waals surface area contributed by atoms with E-state index >= 15 is 4.39 Å². The minimum Gasteiger partial charge on any atom is -0.338 e. The number of hydrogen-bond acceptors (Lipinski definition) is 4. The van der Waals surface area contributed by atoms with E-state index in [0.29, 0.717) is 35.7 Å². The molecule has 0 atom stereocenters. The van der Waals surface area contributed by atoms with Crippen LogP contribution in [0, 0.1) is 0 Å². The summed E-state index contributed by atoms with van der Waals surface area (Å²) in [6.07, 6.45) is 12.7. The summed E-state index contributed by atoms with van der Waals surface area (Å²) >= 11 is 0. The van der Waals surface area contributed by atoms with Crippen molar-refractivity contribution in [2.24, 2.45) is 9.98 Å². The van der Waals surface area contributed by atoms with Crippen molar-refractivity contribution in [3.8, 4) is 0 Å². The first-order chi connectivity index (χ1) is 14.5. The van der Waals surface area contributed by atoms with Crippen molar-refractivity contribution in [2.45, 2.75) is 38.8 Å². The number of rotatable bonds is 8. The zero-order valence-corrected chi connectivity index (χ0v) is 17.7. The van der Waals surface area contributed by atoms with Crippen molar-refractivity contribution in [2.75, 3.05) is 13.1 Å². The van der Waals surface area contributed by atoms with Crippen LogP contribution in [0.3, 0.4) is 0 Å². The number of pyridine rings is 1. The molecule has 1 aromatic heterocycles. The molecule has 0 unspecified atom stereocenters. The molecule has 0 saturated carbocycles. The lowest BCUT2D eigenvalue weighted by Crippen LogP contribution is -2.45. The number of alkyl halides is 1. The molecule has 0 bridgehead atoms. The standard InChI is InChI=1S/C24H29FN4O/c1-5-8-11-19(26-4)18-24(25)13-16-29(17-14-24)23(30)20-12-9-15-28-22(20)21(10-6-2)27-7-3/h5-12,15H,2,4,13-14,16-18H2,1,3H3/b8-5-,19-11-,21-10-,27-7-. The number of aliphatic imine (C=N–C) groups is 2. The molecule has 158 valence electrons. The molecule has 2 heterocycles. The molecule has 2 rings (SSSR count). The van der Waals surface area contributed by atoms with Gasteiger partial charge in [0.25, 0.3) is 5.91 Å². The molecule has 0 radical (unpaired) electrons. The molecule has 1 amide bonds. The fourth-order valence-corrected chi connectivity index (χ4v) is 3.37. The van der Waals surface area contributed by atoms with Gasteiger partial charge in [-0.05, 0) is 57.7 Å². The molecule has 1 aromatic rings. The number of carbonyl (C=O) groups excluding carboxylic acids is 1. The summed E-state index contributed by atoms with van der Waals surface area (Å²) in [6, 6.07) is 3.44. The van der Waals surface area contributed by atoms with Crippen LogP contribution in [0.2, 0.25) is 0 Å². The minimum absolute atomic E-state index is 0.173. The average Bonchev–Trinajstić information content (AvgIpc) is 2.76. The van der Waals surface area contributed by atoms with Gasteiger partial charge in [-0.1, -0.05) is 24.8 Å². The Kier molecular flexibility index (Phi) is 8.59. The molecule has 0 spiro atoms. The molecule has 1 aliphatic heterocycles. The van der Waals surface area contributed by atoms with E-state index in [1.54, 1.807) is 54.6 Å². The maximum absolute atomic E-state index is 15.3. The van der Waals surface area contributed by atoms with Crippen molar-refractivity contribution in [3.05, 3.63) is 72.2 Å². The smallest absolute Gasteiger partial charge is 0.256 e. The van der Waals surface area contributed by atoms with Crippen LogP contribution in [0.25, 0.3) is 5.70 Å². The number of nitrogens with zero attached hydrogens (tertiary/aromatic N) is 4. The van der Waals surface area contributed by atoms with Crippen LogP contribution >= 0.6 is 0 Å². The van der Waals surface area contributed by atoms with Gasteiger partial charge >= 0.3 is 0 Å². The zero-order chi connectivity index (χ0) is 22.0. The maximum atomic E-state index is 15.3. The van der Waals surface area contributed by atoms with E-state index in [1.807, 2.05) is 19.1 Å². The van der Waals surface area contributed by atoms with E-state index in [1.165, 1.54) is 0 Å². The van der Waals surface area contributed by atoms with Gasteiger partial charge in [-0.25, -0.2) is 4.39 Å². The molecule has 0 aliphatic carbocycles. The van der Waals surface area contributed by atoms with E-state index in [0.717, 1.165) is 0 Å². The monoisotopic (exact) mass is 408 g/mol. The number of hydrogen-bond donors (Lipinski definition) is 0. The van der Waals surface area contributed by atoms with Crippen LogP contribution in [0.1, 0.15) is 49.2 Å². The second-order valence-corrected chi connectivity index (χ2v) is 7.04. The van der Waals surface area contributed by atoms with Gasteiger partial charge < -0.3 is 4.90 Å². The van der Waals surface area contributed by atoms with Crippen molar-refractivity contribution < 1.29 is 9.18 Å². The highest BCUT2D eigenvalue weighted by molar-refractivity contribution is 5.98. The highest BCUT2D eigenvalue weighted by Crippen LogP contribution is 2.34. The summed E-state index contributed by atoms with van der Waals surface area (Å²) in [5.41, 5.74) is 0.712. The highest BCUT2D eigenvalue weighted by Gasteiger charge is 2.37. The largest absolute Gasteiger partial charge is 0.338 e. The molecular weight excluding hydrogens is 379 g/mol. The van der Waals surface area contributed by atoms with Crippen LogP contribution in [0.15, 0.2) is 71.0 Å². The summed E-state index contributed by atoms with van der Waals surface area (Å²) in [5, 5.41) is 0. The predicted octanol–water partition coefficient (Wildman–Crippen LogP) is 5.19. The maximum Gasteiger partial charge on any atom is 0.256 e. The van der Waals surface area contributed by atoms with Crippen molar-refractivity contribution >= 4 is 24.5 Å². The zero-order valence-electron chi connectivity index (χ0n) is 17.7. The summed E-state index contributed by atoms with van der Waals surface area (Å²) < 4.78 is 15.3. The Bertz CT molecular complexity index is 890. The molecular formula is C24H29FN4O. The topological polar surface area (TPSA) is 57.9 Å². The minimum atomic E-state index is -1.40. The molecule has 1 aliphatic rings. The Hall–Kier alpha value is -3.15. The number of carbonyl (C=O) groups is 1. The van der Waals surface area contributed by atoms with Crippen LogP contribution in [-0.2, 0) is 0 Å². The number of aromatic nitrogens is 1. The van der Waals surface area contributed by atoms with Crippen molar-refractivity contribution in [3.63, 3.8) is 0 Å². The van der Waals surface area contributed by atoms with Crippen LogP contribution in [-0.4, -0.2) is 47.5 Å². The number of halogens is 1. The second-order valence-electron chi connectivity index (χ2n) is 7.04. The SMILES string of the molecule is C=C/C=C(\N=C/C)c1ncccc1C(=O)N1CCC(F)(C/C(=C/C=C\C)N=C)CC1. The summed E-state index contributed by atoms with van der Waals surface area (Å²) in [5.74, 6) is -0.173. The Labute approximate surface area is 178 Å². The normalized spacial score (nSPS) is 17.5. The molecule has 1 saturated heterocycles. The third-order valence-corrected chi connectivity index (χ3v) is 4.95. The molecule has 6 heteroatoms. The molecule has 5 nitrogen and oxygen atoms in total. The third-order valence-electron chi connectivity index (χ3n) is 4.95. The summed E-state index contributed by atoms with van der Waals surface area (Å²) in [4.78, 5) is 27.4. The Morgan fingerprint density at radius 1 is 1.33 bits per heavy atom. The van der Waals surface area contributed by atoms with Crippen LogP contribution in [0.5, 0.6) is 0 Å². The summed E-state index contributed by atoms with van der Waals surface area (Å²) in [6.45, 7) is 11.6. The first-order valence-electron chi connectivity index (χ1n) is 10.0. The fourth-order valence-electron chi connectivity index (χ4n) is 3.37. The number of amides is 1. The predicted molar refractivity (Wildman–Crippen MR) is 123 cm³/mol. The van der Waals surface area contributed by atoms with Gasteiger partial charge in [-0.15, -0.1) is 0 Å². The number of piperidine rings is 1. The highest BCUT2D eigenvalue weighted by atomic mass is 19.1. The van der Waals surface area contributed by atoms with Gasteiger partial charge in [0.05, 0.1) is 11.3 Å². The average molecular weight is 409 g/mol. The van der Waals surface area contributed by atoms with Gasteiger partial charge in [0, 0.05) is 37.6 Å². The lowest BCUT2D eigenvalue weighted by atomic mass is 9.88. The van der Waals surface area contributed by atoms with Crippen LogP contribution in [0.4, 0.5) is 4.39 Å².